The average molecular weight is 466 g/mol. The van der Waals surface area contributed by atoms with E-state index in [0.717, 1.165) is 5.69 Å². The summed E-state index contributed by atoms with van der Waals surface area (Å²) >= 11 is 0. The highest BCUT2D eigenvalue weighted by atomic mass is 16.5. The van der Waals surface area contributed by atoms with Crippen molar-refractivity contribution < 1.29 is 34.4 Å². The van der Waals surface area contributed by atoms with Crippen molar-refractivity contribution in [3.05, 3.63) is 48.3 Å². The Hall–Kier alpha value is -4.40. The van der Waals surface area contributed by atoms with E-state index < -0.39 is 24.1 Å². The Labute approximate surface area is 194 Å². The molecule has 5 N–H and O–H groups in total. The molecule has 11 heteroatoms. The molecule has 0 radical (unpaired) electrons. The second-order valence-electron chi connectivity index (χ2n) is 6.96. The average Bonchev–Trinajstić information content (AvgIpc) is 2.85. The van der Waals surface area contributed by atoms with Crippen molar-refractivity contribution in [3.63, 3.8) is 0 Å². The third-order valence-corrected chi connectivity index (χ3v) is 4.69. The number of nitrogens with zero attached hydrogens (tertiary/aromatic N) is 2. The highest BCUT2D eigenvalue weighted by Crippen LogP contribution is 2.34. The van der Waals surface area contributed by atoms with Crippen molar-refractivity contribution in [2.75, 3.05) is 25.6 Å². The van der Waals surface area contributed by atoms with Gasteiger partial charge >= 0.3 is 5.97 Å². The van der Waals surface area contributed by atoms with Gasteiger partial charge in [-0.2, -0.15) is 0 Å². The number of anilines is 2. The Balaban J connectivity index is 1.74. The normalized spacial score (nSPS) is 12.3. The van der Waals surface area contributed by atoms with Gasteiger partial charge in [-0.25, -0.2) is 14.8 Å². The highest BCUT2D eigenvalue weighted by molar-refractivity contribution is 5.93. The lowest BCUT2D eigenvalue weighted by molar-refractivity contribution is -0.158. The molecule has 176 valence electrons. The fraction of sp³-hybridized carbons (Fsp3) is 0.217. The van der Waals surface area contributed by atoms with Crippen molar-refractivity contribution in [3.8, 4) is 23.8 Å². The number of aliphatic hydroxyl groups excluding tert-OH is 2. The first-order valence-electron chi connectivity index (χ1n) is 10.00. The fourth-order valence-corrected chi connectivity index (χ4v) is 2.98. The van der Waals surface area contributed by atoms with Crippen LogP contribution >= 0.6 is 0 Å². The van der Waals surface area contributed by atoms with Gasteiger partial charge < -0.3 is 35.4 Å². The third-order valence-electron chi connectivity index (χ3n) is 4.69. The summed E-state index contributed by atoms with van der Waals surface area (Å²) in [4.78, 5) is 31.0. The summed E-state index contributed by atoms with van der Waals surface area (Å²) in [6.45, 7) is -0.108. The van der Waals surface area contributed by atoms with Crippen LogP contribution in [0, 0.1) is 12.3 Å². The molecular weight excluding hydrogens is 444 g/mol. The van der Waals surface area contributed by atoms with E-state index in [1.165, 1.54) is 13.4 Å². The number of benzene rings is 2. The minimum atomic E-state index is -2.23. The van der Waals surface area contributed by atoms with Crippen LogP contribution < -0.4 is 20.1 Å². The number of rotatable bonds is 10. The number of carbonyl (C=O) groups is 2. The molecule has 0 saturated heterocycles. The lowest BCUT2D eigenvalue weighted by atomic mass is 10.2. The van der Waals surface area contributed by atoms with E-state index in [4.69, 9.17) is 21.0 Å². The first-order valence-corrected chi connectivity index (χ1v) is 10.00. The molecule has 0 aliphatic carbocycles. The number of carboxylic acid groups (broad SMARTS) is 1. The molecule has 0 fully saturated rings. The lowest BCUT2D eigenvalue weighted by Crippen LogP contribution is -2.46. The number of ether oxygens (including phenoxy) is 2. The molecule has 0 bridgehead atoms. The standard InChI is InChI=1S/C23H22N4O7/c1-3-13-5-4-6-14(9-13)27-21-15-10-18(17(33-2)11-16(15)25-12-26-21)34-8-7-24-22(30)19(28)20(29)23(31)32/h1,4-6,9-12,19-20,28-29H,7-8H2,2H3,(H,24,30)(H,31,32)(H,25,26,27)/t19-,20-/m0/s1. The molecule has 0 spiro atoms. The van der Waals surface area contributed by atoms with Crippen LogP contribution in [0.15, 0.2) is 42.7 Å². The summed E-state index contributed by atoms with van der Waals surface area (Å²) in [5, 5.41) is 33.5. The summed E-state index contributed by atoms with van der Waals surface area (Å²) in [5.74, 6) is 1.05. The maximum atomic E-state index is 11.8. The number of aliphatic hydroxyl groups is 2. The first kappa shape index (κ1) is 24.2. The van der Waals surface area contributed by atoms with Gasteiger partial charge in [-0.3, -0.25) is 4.79 Å². The van der Waals surface area contributed by atoms with E-state index in [1.54, 1.807) is 24.3 Å². The SMILES string of the molecule is C#Cc1cccc(Nc2ncnc3cc(OC)c(OCCNC(=O)[C@@H](O)[C@H](O)C(=O)O)cc23)c1. The van der Waals surface area contributed by atoms with Gasteiger partial charge in [0.2, 0.25) is 0 Å². The largest absolute Gasteiger partial charge is 0.493 e. The summed E-state index contributed by atoms with van der Waals surface area (Å²) < 4.78 is 11.1. The van der Waals surface area contributed by atoms with E-state index >= 15 is 0 Å². The predicted octanol–water partition coefficient (Wildman–Crippen LogP) is 0.665. The Bertz CT molecular complexity index is 1240. The summed E-state index contributed by atoms with van der Waals surface area (Å²) in [6.07, 6.45) is 2.53. The summed E-state index contributed by atoms with van der Waals surface area (Å²) in [7, 11) is 1.46. The number of methoxy groups -OCH3 is 1. The smallest absolute Gasteiger partial charge is 0.335 e. The van der Waals surface area contributed by atoms with Crippen LogP contribution in [0.4, 0.5) is 11.5 Å². The maximum Gasteiger partial charge on any atom is 0.335 e. The van der Waals surface area contributed by atoms with Gasteiger partial charge in [0.05, 0.1) is 19.2 Å². The number of carboxylic acids is 1. The van der Waals surface area contributed by atoms with Crippen LogP contribution in [0.3, 0.4) is 0 Å². The summed E-state index contributed by atoms with van der Waals surface area (Å²) in [6, 6.07) is 10.6. The molecule has 2 aromatic carbocycles. The zero-order chi connectivity index (χ0) is 24.7. The molecule has 0 unspecified atom stereocenters. The Morgan fingerprint density at radius 2 is 1.94 bits per heavy atom. The van der Waals surface area contributed by atoms with E-state index in [9.17, 15) is 19.8 Å². The van der Waals surface area contributed by atoms with Gasteiger partial charge in [0, 0.05) is 22.7 Å². The van der Waals surface area contributed by atoms with Crippen LogP contribution in [0.1, 0.15) is 5.56 Å². The number of terminal acetylenes is 1. The number of fused-ring (bicyclic) bond motifs is 1. The van der Waals surface area contributed by atoms with Crippen LogP contribution in [0.2, 0.25) is 0 Å². The molecule has 0 aliphatic heterocycles. The van der Waals surface area contributed by atoms with Gasteiger partial charge in [-0.05, 0) is 24.3 Å². The molecule has 11 nitrogen and oxygen atoms in total. The predicted molar refractivity (Wildman–Crippen MR) is 122 cm³/mol. The minimum Gasteiger partial charge on any atom is -0.493 e. The fourth-order valence-electron chi connectivity index (χ4n) is 2.98. The second-order valence-corrected chi connectivity index (χ2v) is 6.96. The van der Waals surface area contributed by atoms with Crippen molar-refractivity contribution in [2.24, 2.45) is 0 Å². The zero-order valence-corrected chi connectivity index (χ0v) is 18.1. The number of hydrogen-bond acceptors (Lipinski definition) is 9. The first-order chi connectivity index (χ1) is 16.3. The van der Waals surface area contributed by atoms with Crippen LogP contribution in [-0.4, -0.2) is 69.6 Å². The van der Waals surface area contributed by atoms with Gasteiger partial charge in [0.25, 0.3) is 5.91 Å². The summed E-state index contributed by atoms with van der Waals surface area (Å²) in [5.41, 5.74) is 2.03. The van der Waals surface area contributed by atoms with Crippen LogP contribution in [0.25, 0.3) is 10.9 Å². The van der Waals surface area contributed by atoms with Crippen molar-refractivity contribution in [1.29, 1.82) is 0 Å². The molecule has 3 aromatic rings. The van der Waals surface area contributed by atoms with E-state index in [1.807, 2.05) is 12.1 Å². The van der Waals surface area contributed by atoms with E-state index in [-0.39, 0.29) is 13.2 Å². The number of aromatic nitrogens is 2. The van der Waals surface area contributed by atoms with E-state index in [2.05, 4.69) is 26.5 Å². The Morgan fingerprint density at radius 1 is 1.15 bits per heavy atom. The zero-order valence-electron chi connectivity index (χ0n) is 18.1. The van der Waals surface area contributed by atoms with Crippen molar-refractivity contribution in [1.82, 2.24) is 15.3 Å². The molecule has 0 aliphatic rings. The van der Waals surface area contributed by atoms with Crippen molar-refractivity contribution in [2.45, 2.75) is 12.2 Å². The van der Waals surface area contributed by atoms with Crippen molar-refractivity contribution >= 4 is 34.3 Å². The second kappa shape index (κ2) is 11.0. The van der Waals surface area contributed by atoms with Gasteiger partial charge in [-0.1, -0.05) is 12.0 Å². The maximum absolute atomic E-state index is 11.8. The lowest BCUT2D eigenvalue weighted by Gasteiger charge is -2.16. The Morgan fingerprint density at radius 3 is 2.65 bits per heavy atom. The third kappa shape index (κ3) is 5.69. The van der Waals surface area contributed by atoms with Crippen LogP contribution in [0.5, 0.6) is 11.5 Å². The quantitative estimate of drug-likeness (QED) is 0.212. The monoisotopic (exact) mass is 466 g/mol. The van der Waals surface area contributed by atoms with Crippen LogP contribution in [-0.2, 0) is 9.59 Å². The number of aliphatic carboxylic acids is 1. The minimum absolute atomic E-state index is 0.0375. The molecule has 0 saturated carbocycles. The molecule has 2 atom stereocenters. The number of carbonyl (C=O) groups excluding carboxylic acids is 1. The molecule has 34 heavy (non-hydrogen) atoms. The molecular formula is C23H22N4O7. The number of amides is 1. The Kier molecular flexibility index (Phi) is 7.81. The molecule has 1 heterocycles. The highest BCUT2D eigenvalue weighted by Gasteiger charge is 2.29. The molecule has 3 rings (SSSR count). The van der Waals surface area contributed by atoms with Gasteiger partial charge in [0.15, 0.2) is 23.7 Å². The van der Waals surface area contributed by atoms with Gasteiger partial charge in [0.1, 0.15) is 18.8 Å². The van der Waals surface area contributed by atoms with Gasteiger partial charge in [-0.15, -0.1) is 6.42 Å². The molecule has 1 amide bonds. The number of nitrogens with one attached hydrogen (secondary N) is 2. The molecule has 1 aromatic heterocycles. The number of hydrogen-bond donors (Lipinski definition) is 5. The topological polar surface area (TPSA) is 163 Å². The van der Waals surface area contributed by atoms with E-state index in [0.29, 0.717) is 33.8 Å².